The second-order valence-corrected chi connectivity index (χ2v) is 9.19. The zero-order chi connectivity index (χ0) is 23.7. The van der Waals surface area contributed by atoms with Crippen LogP contribution in [0.25, 0.3) is 0 Å². The number of hydrogen-bond acceptors (Lipinski definition) is 5. The molecule has 2 aromatic rings. The summed E-state index contributed by atoms with van der Waals surface area (Å²) < 4.78 is 13.8. The van der Waals surface area contributed by atoms with Crippen LogP contribution in [-0.4, -0.2) is 63.7 Å². The molecule has 1 aliphatic heterocycles. The minimum atomic E-state index is -1.31. The molecule has 3 atom stereocenters. The zero-order valence-corrected chi connectivity index (χ0v) is 19.3. The van der Waals surface area contributed by atoms with Crippen LogP contribution in [0.5, 0.6) is 0 Å². The molecule has 1 saturated heterocycles. The number of halogens is 2. The molecule has 10 heteroatoms. The number of piperazine rings is 1. The van der Waals surface area contributed by atoms with Crippen LogP contribution in [-0.2, 0) is 17.6 Å². The molecule has 0 radical (unpaired) electrons. The molecule has 1 aliphatic carbocycles. The summed E-state index contributed by atoms with van der Waals surface area (Å²) in [5.74, 6) is 0.388. The van der Waals surface area contributed by atoms with Crippen LogP contribution in [0.3, 0.4) is 0 Å². The number of benzene rings is 1. The Bertz CT molecular complexity index is 1070. The fourth-order valence-corrected chi connectivity index (χ4v) is 4.91. The number of amides is 2. The first kappa shape index (κ1) is 23.2. The fourth-order valence-electron chi connectivity index (χ4n) is 4.80. The van der Waals surface area contributed by atoms with Crippen molar-refractivity contribution < 1.29 is 19.1 Å². The number of fused-ring (bicyclic) bond motifs is 1. The SMILES string of the molecule is C[C@@H]1CCc2ncnc(N3CCN(C(=O)[C@@H](Cc4ccc(Cl)c(F)c4)NC(=O)O)C[C@@H]3C)c21. The minimum Gasteiger partial charge on any atom is -0.465 e. The Kier molecular flexibility index (Phi) is 6.69. The van der Waals surface area contributed by atoms with Gasteiger partial charge in [-0.2, -0.15) is 0 Å². The predicted octanol–water partition coefficient (Wildman–Crippen LogP) is 3.23. The van der Waals surface area contributed by atoms with E-state index in [9.17, 15) is 19.1 Å². The molecule has 4 rings (SSSR count). The van der Waals surface area contributed by atoms with Crippen LogP contribution >= 0.6 is 11.6 Å². The van der Waals surface area contributed by atoms with Gasteiger partial charge in [0.15, 0.2) is 0 Å². The number of nitrogens with zero attached hydrogens (tertiary/aromatic N) is 4. The van der Waals surface area contributed by atoms with Crippen molar-refractivity contribution in [2.75, 3.05) is 24.5 Å². The lowest BCUT2D eigenvalue weighted by atomic mass is 10.0. The molecule has 1 fully saturated rings. The Morgan fingerprint density at radius 2 is 2.09 bits per heavy atom. The smallest absolute Gasteiger partial charge is 0.405 e. The summed E-state index contributed by atoms with van der Waals surface area (Å²) >= 11 is 5.74. The normalized spacial score (nSPS) is 21.0. The largest absolute Gasteiger partial charge is 0.465 e. The number of anilines is 1. The van der Waals surface area contributed by atoms with Gasteiger partial charge >= 0.3 is 6.09 Å². The third kappa shape index (κ3) is 4.88. The Balaban J connectivity index is 1.49. The first-order chi connectivity index (χ1) is 15.7. The molecule has 0 unspecified atom stereocenters. The van der Waals surface area contributed by atoms with Crippen molar-refractivity contribution in [3.63, 3.8) is 0 Å². The summed E-state index contributed by atoms with van der Waals surface area (Å²) in [5, 5.41) is 11.5. The van der Waals surface area contributed by atoms with Crippen molar-refractivity contribution in [1.82, 2.24) is 20.2 Å². The summed E-state index contributed by atoms with van der Waals surface area (Å²) in [6.45, 7) is 5.66. The van der Waals surface area contributed by atoms with E-state index < -0.39 is 18.0 Å². The van der Waals surface area contributed by atoms with Gasteiger partial charge in [-0.1, -0.05) is 24.6 Å². The highest BCUT2D eigenvalue weighted by atomic mass is 35.5. The molecule has 2 N–H and O–H groups in total. The quantitative estimate of drug-likeness (QED) is 0.689. The number of carbonyl (C=O) groups excluding carboxylic acids is 1. The average molecular weight is 476 g/mol. The maximum Gasteiger partial charge on any atom is 0.405 e. The van der Waals surface area contributed by atoms with Crippen LogP contribution in [0.2, 0.25) is 5.02 Å². The van der Waals surface area contributed by atoms with Crippen molar-refractivity contribution in [2.45, 2.75) is 51.1 Å². The van der Waals surface area contributed by atoms with Gasteiger partial charge in [-0.05, 0) is 43.4 Å². The number of aryl methyl sites for hydroxylation is 1. The number of rotatable bonds is 5. The number of carboxylic acid groups (broad SMARTS) is 1. The van der Waals surface area contributed by atoms with E-state index >= 15 is 0 Å². The monoisotopic (exact) mass is 475 g/mol. The van der Waals surface area contributed by atoms with E-state index in [4.69, 9.17) is 11.6 Å². The van der Waals surface area contributed by atoms with Crippen molar-refractivity contribution in [3.05, 3.63) is 52.2 Å². The van der Waals surface area contributed by atoms with Crippen molar-refractivity contribution in [1.29, 1.82) is 0 Å². The molecule has 0 bridgehead atoms. The number of nitrogens with one attached hydrogen (secondary N) is 1. The molecule has 2 amide bonds. The number of aromatic nitrogens is 2. The highest BCUT2D eigenvalue weighted by Crippen LogP contribution is 2.38. The van der Waals surface area contributed by atoms with Crippen LogP contribution in [0.15, 0.2) is 24.5 Å². The molecule has 0 spiro atoms. The van der Waals surface area contributed by atoms with Crippen LogP contribution in [0.4, 0.5) is 15.0 Å². The Morgan fingerprint density at radius 1 is 1.30 bits per heavy atom. The second-order valence-electron chi connectivity index (χ2n) is 8.78. The molecule has 2 aliphatic rings. The van der Waals surface area contributed by atoms with Gasteiger partial charge in [0.05, 0.1) is 5.02 Å². The first-order valence-electron chi connectivity index (χ1n) is 11.1. The highest BCUT2D eigenvalue weighted by Gasteiger charge is 2.35. The fraction of sp³-hybridized carbons (Fsp3) is 0.478. The van der Waals surface area contributed by atoms with Crippen LogP contribution in [0.1, 0.15) is 43.0 Å². The topological polar surface area (TPSA) is 98.7 Å². The summed E-state index contributed by atoms with van der Waals surface area (Å²) in [6, 6.07) is 3.19. The Morgan fingerprint density at radius 3 is 2.79 bits per heavy atom. The van der Waals surface area contributed by atoms with Crippen molar-refractivity contribution in [3.8, 4) is 0 Å². The third-order valence-corrected chi connectivity index (χ3v) is 6.79. The first-order valence-corrected chi connectivity index (χ1v) is 11.4. The molecule has 8 nitrogen and oxygen atoms in total. The third-order valence-electron chi connectivity index (χ3n) is 6.48. The molecule has 0 saturated carbocycles. The summed E-state index contributed by atoms with van der Waals surface area (Å²) in [4.78, 5) is 37.5. The molecule has 2 heterocycles. The van der Waals surface area contributed by atoms with Gasteiger partial charge in [0.25, 0.3) is 0 Å². The lowest BCUT2D eigenvalue weighted by Gasteiger charge is -2.42. The van der Waals surface area contributed by atoms with Gasteiger partial charge in [0.1, 0.15) is 24.0 Å². The Hall–Kier alpha value is -2.94. The molecular weight excluding hydrogens is 449 g/mol. The molecular formula is C23H27ClFN5O3. The van der Waals surface area contributed by atoms with Gasteiger partial charge in [-0.25, -0.2) is 19.2 Å². The van der Waals surface area contributed by atoms with Crippen LogP contribution in [0, 0.1) is 5.82 Å². The van der Waals surface area contributed by atoms with E-state index in [2.05, 4.69) is 27.1 Å². The van der Waals surface area contributed by atoms with Gasteiger partial charge in [-0.3, -0.25) is 4.79 Å². The van der Waals surface area contributed by atoms with Crippen LogP contribution < -0.4 is 10.2 Å². The van der Waals surface area contributed by atoms with Gasteiger partial charge < -0.3 is 20.2 Å². The van der Waals surface area contributed by atoms with Crippen molar-refractivity contribution >= 4 is 29.4 Å². The predicted molar refractivity (Wildman–Crippen MR) is 122 cm³/mol. The number of carbonyl (C=O) groups is 2. The summed E-state index contributed by atoms with van der Waals surface area (Å²) in [7, 11) is 0. The lowest BCUT2D eigenvalue weighted by molar-refractivity contribution is -0.134. The van der Waals surface area contributed by atoms with E-state index in [1.54, 1.807) is 17.3 Å². The van der Waals surface area contributed by atoms with Gasteiger partial charge in [-0.15, -0.1) is 0 Å². The molecule has 33 heavy (non-hydrogen) atoms. The number of hydrogen-bond donors (Lipinski definition) is 2. The molecule has 1 aromatic carbocycles. The maximum atomic E-state index is 13.8. The summed E-state index contributed by atoms with van der Waals surface area (Å²) in [6.07, 6.45) is 2.34. The van der Waals surface area contributed by atoms with Gasteiger partial charge in [0.2, 0.25) is 5.91 Å². The maximum absolute atomic E-state index is 13.8. The molecule has 176 valence electrons. The Labute approximate surface area is 196 Å². The van der Waals surface area contributed by atoms with Crippen molar-refractivity contribution in [2.24, 2.45) is 0 Å². The second kappa shape index (κ2) is 9.51. The summed E-state index contributed by atoms with van der Waals surface area (Å²) in [5.41, 5.74) is 2.78. The van der Waals surface area contributed by atoms with Gasteiger partial charge in [0, 0.05) is 43.4 Å². The standard InChI is InChI=1S/C23H27ClFN5O3/c1-13-3-6-18-20(13)21(27-12-26-18)30-8-7-29(11-14(30)2)22(31)19(28-23(32)33)10-15-4-5-16(24)17(25)9-15/h4-5,9,12-14,19,28H,3,6-8,10-11H2,1-2H3,(H,32,33)/t13-,14+,19-/m1/s1. The van der Waals surface area contributed by atoms with E-state index in [0.717, 1.165) is 24.4 Å². The van der Waals surface area contributed by atoms with E-state index in [-0.39, 0.29) is 23.4 Å². The highest BCUT2D eigenvalue weighted by molar-refractivity contribution is 6.30. The minimum absolute atomic E-state index is 0.00652. The average Bonchev–Trinajstić information content (AvgIpc) is 3.16. The molecule has 1 aromatic heterocycles. The zero-order valence-electron chi connectivity index (χ0n) is 18.6. The van der Waals surface area contributed by atoms with E-state index in [1.807, 2.05) is 6.92 Å². The van der Waals surface area contributed by atoms with E-state index in [1.165, 1.54) is 17.7 Å². The lowest BCUT2D eigenvalue weighted by Crippen LogP contribution is -2.58. The van der Waals surface area contributed by atoms with E-state index in [0.29, 0.717) is 31.1 Å².